The Balaban J connectivity index is 2.31. The Bertz CT molecular complexity index is 771. The first kappa shape index (κ1) is 12.1. The molecule has 0 radical (unpaired) electrons. The molecule has 3 rings (SSSR count). The summed E-state index contributed by atoms with van der Waals surface area (Å²) in [6.07, 6.45) is 0. The van der Waals surface area contributed by atoms with E-state index >= 15 is 0 Å². The topological polar surface area (TPSA) is 25.8 Å². The van der Waals surface area contributed by atoms with Gasteiger partial charge in [0.15, 0.2) is 5.82 Å². The second kappa shape index (κ2) is 4.59. The van der Waals surface area contributed by atoms with Crippen LogP contribution in [0.3, 0.4) is 0 Å². The molecule has 1 aromatic heterocycles. The highest BCUT2D eigenvalue weighted by molar-refractivity contribution is 6.34. The molecule has 0 aliphatic heterocycles. The van der Waals surface area contributed by atoms with Crippen molar-refractivity contribution in [2.75, 3.05) is 0 Å². The third kappa shape index (κ3) is 2.06. The van der Waals surface area contributed by atoms with E-state index in [9.17, 15) is 4.39 Å². The molecule has 94 valence electrons. The highest BCUT2D eigenvalue weighted by Gasteiger charge is 2.12. The Morgan fingerprint density at radius 1 is 1.00 bits per heavy atom. The fourth-order valence-corrected chi connectivity index (χ4v) is 2.31. The number of aromatic nitrogens is 2. The van der Waals surface area contributed by atoms with Gasteiger partial charge in [-0.3, -0.25) is 0 Å². The summed E-state index contributed by atoms with van der Waals surface area (Å²) in [4.78, 5) is 8.60. The summed E-state index contributed by atoms with van der Waals surface area (Å²) in [6.45, 7) is 1.97. The number of hydrogen-bond donors (Lipinski definition) is 0. The summed E-state index contributed by atoms with van der Waals surface area (Å²) in [5.74, 6) is 0.111. The lowest BCUT2D eigenvalue weighted by Gasteiger charge is -2.07. The van der Waals surface area contributed by atoms with Crippen LogP contribution in [-0.4, -0.2) is 9.97 Å². The van der Waals surface area contributed by atoms with Crippen molar-refractivity contribution in [2.45, 2.75) is 6.92 Å². The van der Waals surface area contributed by atoms with E-state index in [0.717, 1.165) is 11.1 Å². The number of benzene rings is 2. The summed E-state index contributed by atoms with van der Waals surface area (Å²) < 4.78 is 13.7. The monoisotopic (exact) mass is 272 g/mol. The SMILES string of the molecule is Cc1ccccc1-c1nc(Cl)c2c(F)cccc2n1. The van der Waals surface area contributed by atoms with Crippen molar-refractivity contribution < 1.29 is 4.39 Å². The Hall–Kier alpha value is -2.00. The van der Waals surface area contributed by atoms with E-state index in [-0.39, 0.29) is 10.5 Å². The molecule has 2 aromatic carbocycles. The predicted molar refractivity (Wildman–Crippen MR) is 74.7 cm³/mol. The van der Waals surface area contributed by atoms with Gasteiger partial charge in [-0.2, -0.15) is 0 Å². The van der Waals surface area contributed by atoms with Crippen LogP contribution in [0.5, 0.6) is 0 Å². The van der Waals surface area contributed by atoms with Crippen molar-refractivity contribution >= 4 is 22.5 Å². The first-order chi connectivity index (χ1) is 9.16. The van der Waals surface area contributed by atoms with Crippen molar-refractivity contribution in [1.29, 1.82) is 0 Å². The molecule has 0 aliphatic carbocycles. The molecular formula is C15H10ClFN2. The second-order valence-corrected chi connectivity index (χ2v) is 4.64. The largest absolute Gasteiger partial charge is 0.228 e. The van der Waals surface area contributed by atoms with Crippen LogP contribution < -0.4 is 0 Å². The van der Waals surface area contributed by atoms with E-state index in [1.165, 1.54) is 6.07 Å². The molecule has 0 saturated heterocycles. The zero-order chi connectivity index (χ0) is 13.4. The summed E-state index contributed by atoms with van der Waals surface area (Å²) in [5, 5.41) is 0.405. The van der Waals surface area contributed by atoms with Crippen LogP contribution in [0.4, 0.5) is 4.39 Å². The number of hydrogen-bond acceptors (Lipinski definition) is 2. The average molecular weight is 273 g/mol. The maximum Gasteiger partial charge on any atom is 0.161 e. The molecular weight excluding hydrogens is 263 g/mol. The first-order valence-electron chi connectivity index (χ1n) is 5.84. The maximum absolute atomic E-state index is 13.7. The number of fused-ring (bicyclic) bond motifs is 1. The van der Waals surface area contributed by atoms with Crippen LogP contribution in [-0.2, 0) is 0 Å². The molecule has 2 nitrogen and oxygen atoms in total. The fraction of sp³-hybridized carbons (Fsp3) is 0.0667. The first-order valence-corrected chi connectivity index (χ1v) is 6.22. The Morgan fingerprint density at radius 2 is 1.79 bits per heavy atom. The Labute approximate surface area is 114 Å². The van der Waals surface area contributed by atoms with Crippen LogP contribution >= 0.6 is 11.6 Å². The highest BCUT2D eigenvalue weighted by Crippen LogP contribution is 2.27. The van der Waals surface area contributed by atoms with Crippen molar-refractivity contribution in [3.8, 4) is 11.4 Å². The van der Waals surface area contributed by atoms with Crippen molar-refractivity contribution in [2.24, 2.45) is 0 Å². The van der Waals surface area contributed by atoms with Crippen LogP contribution in [0, 0.1) is 12.7 Å². The standard InChI is InChI=1S/C15H10ClFN2/c1-9-5-2-3-6-10(9)15-18-12-8-4-7-11(17)13(12)14(16)19-15/h2-8H,1H3. The van der Waals surface area contributed by atoms with E-state index in [4.69, 9.17) is 11.6 Å². The zero-order valence-electron chi connectivity index (χ0n) is 10.2. The molecule has 0 spiro atoms. The lowest BCUT2D eigenvalue weighted by atomic mass is 10.1. The van der Waals surface area contributed by atoms with Gasteiger partial charge in [0.1, 0.15) is 11.0 Å². The summed E-state index contributed by atoms with van der Waals surface area (Å²) in [7, 11) is 0. The summed E-state index contributed by atoms with van der Waals surface area (Å²) >= 11 is 6.08. The van der Waals surface area contributed by atoms with E-state index in [2.05, 4.69) is 9.97 Å². The molecule has 1 heterocycles. The summed E-state index contributed by atoms with van der Waals surface area (Å²) in [5.41, 5.74) is 2.46. The third-order valence-electron chi connectivity index (χ3n) is 3.01. The minimum absolute atomic E-state index is 0.140. The van der Waals surface area contributed by atoms with Gasteiger partial charge >= 0.3 is 0 Å². The molecule has 0 aliphatic rings. The molecule has 0 bridgehead atoms. The van der Waals surface area contributed by atoms with Crippen LogP contribution in [0.25, 0.3) is 22.3 Å². The van der Waals surface area contributed by atoms with Crippen LogP contribution in [0.1, 0.15) is 5.56 Å². The fourth-order valence-electron chi connectivity index (χ4n) is 2.04. The maximum atomic E-state index is 13.7. The van der Waals surface area contributed by atoms with Gasteiger partial charge in [-0.25, -0.2) is 14.4 Å². The summed E-state index contributed by atoms with van der Waals surface area (Å²) in [6, 6.07) is 12.5. The zero-order valence-corrected chi connectivity index (χ0v) is 10.9. The Morgan fingerprint density at radius 3 is 2.58 bits per heavy atom. The average Bonchev–Trinajstić information content (AvgIpc) is 2.39. The molecule has 4 heteroatoms. The lowest BCUT2D eigenvalue weighted by molar-refractivity contribution is 0.639. The quantitative estimate of drug-likeness (QED) is 0.614. The van der Waals surface area contributed by atoms with E-state index < -0.39 is 5.82 Å². The van der Waals surface area contributed by atoms with Crippen molar-refractivity contribution in [3.63, 3.8) is 0 Å². The second-order valence-electron chi connectivity index (χ2n) is 4.29. The molecule has 0 saturated carbocycles. The number of nitrogens with zero attached hydrogens (tertiary/aromatic N) is 2. The van der Waals surface area contributed by atoms with Gasteiger partial charge in [0.2, 0.25) is 0 Å². The molecule has 0 amide bonds. The van der Waals surface area contributed by atoms with Gasteiger partial charge in [-0.15, -0.1) is 0 Å². The van der Waals surface area contributed by atoms with E-state index in [1.54, 1.807) is 12.1 Å². The smallest absolute Gasteiger partial charge is 0.161 e. The number of aryl methyl sites for hydroxylation is 1. The van der Waals surface area contributed by atoms with Gasteiger partial charge in [0, 0.05) is 5.56 Å². The van der Waals surface area contributed by atoms with Gasteiger partial charge < -0.3 is 0 Å². The molecule has 0 fully saturated rings. The van der Waals surface area contributed by atoms with Gasteiger partial charge in [0.05, 0.1) is 10.9 Å². The molecule has 3 aromatic rings. The van der Waals surface area contributed by atoms with Gasteiger partial charge in [-0.05, 0) is 24.6 Å². The molecule has 0 atom stereocenters. The minimum Gasteiger partial charge on any atom is -0.228 e. The molecule has 0 N–H and O–H groups in total. The Kier molecular flexibility index (Phi) is 2.91. The van der Waals surface area contributed by atoms with Crippen molar-refractivity contribution in [1.82, 2.24) is 9.97 Å². The third-order valence-corrected chi connectivity index (χ3v) is 3.29. The number of halogens is 2. The normalized spacial score (nSPS) is 10.9. The van der Waals surface area contributed by atoms with E-state index in [1.807, 2.05) is 31.2 Å². The predicted octanol–water partition coefficient (Wildman–Crippen LogP) is 4.40. The lowest BCUT2D eigenvalue weighted by Crippen LogP contribution is -1.95. The number of rotatable bonds is 1. The van der Waals surface area contributed by atoms with E-state index in [0.29, 0.717) is 11.3 Å². The highest BCUT2D eigenvalue weighted by atomic mass is 35.5. The van der Waals surface area contributed by atoms with Gasteiger partial charge in [-0.1, -0.05) is 41.9 Å². The van der Waals surface area contributed by atoms with Crippen LogP contribution in [0.2, 0.25) is 5.15 Å². The van der Waals surface area contributed by atoms with Crippen molar-refractivity contribution in [3.05, 3.63) is 59.0 Å². The minimum atomic E-state index is -0.404. The molecule has 0 unspecified atom stereocenters. The van der Waals surface area contributed by atoms with Crippen LogP contribution in [0.15, 0.2) is 42.5 Å². The van der Waals surface area contributed by atoms with Gasteiger partial charge in [0.25, 0.3) is 0 Å². The molecule has 19 heavy (non-hydrogen) atoms.